The number of hydrogen-bond donors (Lipinski definition) is 2. The summed E-state index contributed by atoms with van der Waals surface area (Å²) in [6.45, 7) is 0. The van der Waals surface area contributed by atoms with Gasteiger partial charge in [-0.25, -0.2) is 4.79 Å². The Hall–Kier alpha value is -3.10. The number of carbonyl (C=O) groups excluding carboxylic acids is 1. The van der Waals surface area contributed by atoms with Crippen LogP contribution in [-0.4, -0.2) is 31.0 Å². The van der Waals surface area contributed by atoms with Crippen LogP contribution in [0.3, 0.4) is 0 Å². The number of thioether (sulfide) groups is 1. The molecule has 1 aliphatic heterocycles. The normalized spacial score (nSPS) is 15.8. The molecule has 0 spiro atoms. The molecule has 3 aromatic rings. The van der Waals surface area contributed by atoms with E-state index in [9.17, 15) is 14.7 Å². The molecule has 2 N–H and O–H groups in total. The second-order valence-electron chi connectivity index (χ2n) is 6.24. The molecule has 1 aromatic heterocycles. The Morgan fingerprint density at radius 3 is 2.68 bits per heavy atom. The van der Waals surface area contributed by atoms with Crippen LogP contribution in [0.1, 0.15) is 15.9 Å². The van der Waals surface area contributed by atoms with Gasteiger partial charge in [0.2, 0.25) is 0 Å². The van der Waals surface area contributed by atoms with Crippen molar-refractivity contribution in [2.75, 3.05) is 4.90 Å². The van der Waals surface area contributed by atoms with Crippen molar-refractivity contribution < 1.29 is 19.8 Å². The monoisotopic (exact) mass is 410 g/mol. The van der Waals surface area contributed by atoms with E-state index in [0.717, 1.165) is 16.5 Å². The maximum Gasteiger partial charge on any atom is 0.339 e. The molecule has 0 unspecified atom stereocenters. The molecule has 0 atom stereocenters. The van der Waals surface area contributed by atoms with Crippen LogP contribution in [-0.2, 0) is 11.8 Å². The zero-order valence-corrected chi connectivity index (χ0v) is 16.3. The summed E-state index contributed by atoms with van der Waals surface area (Å²) < 4.78 is 2.31. The topological polar surface area (TPSA) is 82.8 Å². The quantitative estimate of drug-likeness (QED) is 0.502. The first kappa shape index (κ1) is 18.3. The van der Waals surface area contributed by atoms with Crippen molar-refractivity contribution in [2.45, 2.75) is 0 Å². The number of fused-ring (bicyclic) bond motifs is 1. The van der Waals surface area contributed by atoms with E-state index in [1.807, 2.05) is 42.1 Å². The molecule has 1 fully saturated rings. The summed E-state index contributed by atoms with van der Waals surface area (Å²) >= 11 is 6.51. The summed E-state index contributed by atoms with van der Waals surface area (Å²) in [5.41, 5.74) is 2.05. The first-order valence-electron chi connectivity index (χ1n) is 8.25. The van der Waals surface area contributed by atoms with Gasteiger partial charge in [0.25, 0.3) is 5.91 Å². The lowest BCUT2D eigenvalue weighted by Crippen LogP contribution is -2.27. The summed E-state index contributed by atoms with van der Waals surface area (Å²) in [4.78, 5) is 25.8. The number of carbonyl (C=O) groups is 2. The van der Waals surface area contributed by atoms with E-state index >= 15 is 0 Å². The van der Waals surface area contributed by atoms with Crippen LogP contribution < -0.4 is 4.90 Å². The van der Waals surface area contributed by atoms with E-state index in [1.165, 1.54) is 34.9 Å². The van der Waals surface area contributed by atoms with Gasteiger partial charge in [-0.3, -0.25) is 9.69 Å². The molecule has 1 saturated heterocycles. The highest BCUT2D eigenvalue weighted by atomic mass is 32.2. The Labute approximate surface area is 169 Å². The van der Waals surface area contributed by atoms with E-state index in [0.29, 0.717) is 14.9 Å². The van der Waals surface area contributed by atoms with E-state index in [4.69, 9.17) is 17.3 Å². The number of rotatable bonds is 3. The third-order valence-corrected chi connectivity index (χ3v) is 5.78. The maximum atomic E-state index is 12.9. The first-order chi connectivity index (χ1) is 13.4. The van der Waals surface area contributed by atoms with Crippen LogP contribution in [0.5, 0.6) is 5.75 Å². The third-order valence-electron chi connectivity index (χ3n) is 4.48. The second kappa shape index (κ2) is 6.81. The highest BCUT2D eigenvalue weighted by molar-refractivity contribution is 8.27. The van der Waals surface area contributed by atoms with Gasteiger partial charge < -0.3 is 14.8 Å². The van der Waals surface area contributed by atoms with E-state index in [-0.39, 0.29) is 11.5 Å². The number of benzene rings is 2. The van der Waals surface area contributed by atoms with Crippen molar-refractivity contribution in [3.05, 3.63) is 64.7 Å². The first-order valence-corrected chi connectivity index (χ1v) is 9.47. The van der Waals surface area contributed by atoms with Crippen molar-refractivity contribution in [2.24, 2.45) is 7.05 Å². The molecular weight excluding hydrogens is 396 g/mol. The lowest BCUT2D eigenvalue weighted by atomic mass is 10.1. The molecule has 0 bridgehead atoms. The SMILES string of the molecule is Cn1cc(/C=C2\SC(=S)N(c3ccc(C(=O)O)c(O)c3)C2=O)c2ccccc21. The van der Waals surface area contributed by atoms with Gasteiger partial charge in [0.1, 0.15) is 11.3 Å². The molecule has 2 heterocycles. The number of aromatic carboxylic acids is 1. The minimum Gasteiger partial charge on any atom is -0.507 e. The van der Waals surface area contributed by atoms with Crippen LogP contribution in [0.15, 0.2) is 53.6 Å². The summed E-state index contributed by atoms with van der Waals surface area (Å²) in [7, 11) is 1.94. The zero-order valence-electron chi connectivity index (χ0n) is 14.6. The highest BCUT2D eigenvalue weighted by Crippen LogP contribution is 2.38. The molecule has 1 aliphatic rings. The number of carboxylic acids is 1. The van der Waals surface area contributed by atoms with Crippen LogP contribution in [0.25, 0.3) is 17.0 Å². The highest BCUT2D eigenvalue weighted by Gasteiger charge is 2.34. The van der Waals surface area contributed by atoms with Crippen LogP contribution in [0.4, 0.5) is 5.69 Å². The smallest absolute Gasteiger partial charge is 0.339 e. The van der Waals surface area contributed by atoms with E-state index < -0.39 is 11.7 Å². The Bertz CT molecular complexity index is 1200. The second-order valence-corrected chi connectivity index (χ2v) is 7.91. The molecule has 0 aliphatic carbocycles. The van der Waals surface area contributed by atoms with Crippen molar-refractivity contribution in [1.82, 2.24) is 4.57 Å². The Balaban J connectivity index is 1.72. The summed E-state index contributed by atoms with van der Waals surface area (Å²) in [6.07, 6.45) is 3.75. The van der Waals surface area contributed by atoms with Crippen molar-refractivity contribution >= 4 is 62.8 Å². The number of thiocarbonyl (C=S) groups is 1. The Morgan fingerprint density at radius 2 is 1.96 bits per heavy atom. The average Bonchev–Trinajstić information content (AvgIpc) is 3.11. The molecule has 140 valence electrons. The fraction of sp³-hybridized carbons (Fsp3) is 0.0500. The standard InChI is InChI=1S/C20H14N2O4S2/c1-21-10-11(13-4-2-3-5-15(13)21)8-17-18(24)22(20(27)28-17)12-6-7-14(19(25)26)16(23)9-12/h2-10,23H,1H3,(H,25,26)/b17-8-. The van der Waals surface area contributed by atoms with Crippen molar-refractivity contribution in [3.8, 4) is 5.75 Å². The summed E-state index contributed by atoms with van der Waals surface area (Å²) in [5.74, 6) is -1.98. The summed E-state index contributed by atoms with van der Waals surface area (Å²) in [6, 6.07) is 11.8. The molecule has 6 nitrogen and oxygen atoms in total. The molecule has 1 amide bonds. The number of phenols is 1. The molecule has 28 heavy (non-hydrogen) atoms. The molecule has 2 aromatic carbocycles. The lowest BCUT2D eigenvalue weighted by molar-refractivity contribution is -0.113. The van der Waals surface area contributed by atoms with Crippen molar-refractivity contribution in [1.29, 1.82) is 0 Å². The van der Waals surface area contributed by atoms with Crippen LogP contribution in [0, 0.1) is 0 Å². The van der Waals surface area contributed by atoms with Crippen LogP contribution >= 0.6 is 24.0 Å². The number of aromatic hydroxyl groups is 1. The number of nitrogens with zero attached hydrogens (tertiary/aromatic N) is 2. The predicted molar refractivity (Wildman–Crippen MR) is 114 cm³/mol. The molecular formula is C20H14N2O4S2. The van der Waals surface area contributed by atoms with Gasteiger partial charge in [-0.05, 0) is 24.3 Å². The average molecular weight is 410 g/mol. The van der Waals surface area contributed by atoms with E-state index in [1.54, 1.807) is 6.08 Å². The number of carboxylic acid groups (broad SMARTS) is 1. The number of aryl methyl sites for hydroxylation is 1. The molecule has 4 rings (SSSR count). The Morgan fingerprint density at radius 1 is 1.21 bits per heavy atom. The van der Waals surface area contributed by atoms with Gasteiger partial charge in [0, 0.05) is 35.8 Å². The van der Waals surface area contributed by atoms with Gasteiger partial charge in [0.15, 0.2) is 4.32 Å². The maximum absolute atomic E-state index is 12.9. The van der Waals surface area contributed by atoms with Crippen LogP contribution in [0.2, 0.25) is 0 Å². The fourth-order valence-corrected chi connectivity index (χ4v) is 4.45. The number of amides is 1. The summed E-state index contributed by atoms with van der Waals surface area (Å²) in [5, 5.41) is 20.0. The third kappa shape index (κ3) is 2.96. The van der Waals surface area contributed by atoms with Gasteiger partial charge in [-0.1, -0.05) is 42.2 Å². The fourth-order valence-electron chi connectivity index (χ4n) is 3.16. The lowest BCUT2D eigenvalue weighted by Gasteiger charge is -2.15. The van der Waals surface area contributed by atoms with Crippen molar-refractivity contribution in [3.63, 3.8) is 0 Å². The van der Waals surface area contributed by atoms with Gasteiger partial charge in [-0.2, -0.15) is 0 Å². The van der Waals surface area contributed by atoms with Gasteiger partial charge >= 0.3 is 5.97 Å². The number of anilines is 1. The number of hydrogen-bond acceptors (Lipinski definition) is 5. The predicted octanol–water partition coefficient (Wildman–Crippen LogP) is 3.99. The molecule has 8 heteroatoms. The largest absolute Gasteiger partial charge is 0.507 e. The molecule has 0 saturated carbocycles. The number of aromatic nitrogens is 1. The van der Waals surface area contributed by atoms with Gasteiger partial charge in [0.05, 0.1) is 10.6 Å². The van der Waals surface area contributed by atoms with E-state index in [2.05, 4.69) is 0 Å². The molecule has 0 radical (unpaired) electrons. The minimum absolute atomic E-state index is 0.236. The minimum atomic E-state index is -1.25. The van der Waals surface area contributed by atoms with Gasteiger partial charge in [-0.15, -0.1) is 0 Å². The Kier molecular flexibility index (Phi) is 4.44. The zero-order chi connectivity index (χ0) is 20.0. The number of para-hydroxylation sites is 1.